The lowest BCUT2D eigenvalue weighted by atomic mass is 9.98. The monoisotopic (exact) mass is 1040 g/mol. The van der Waals surface area contributed by atoms with E-state index in [2.05, 4.69) is 6.92 Å². The van der Waals surface area contributed by atoms with Crippen LogP contribution in [-0.4, -0.2) is 55.1 Å². The van der Waals surface area contributed by atoms with E-state index in [0.29, 0.717) is 48.7 Å². The number of hydrogen-bond acceptors (Lipinski definition) is 8. The molecule has 0 atom stereocenters. The summed E-state index contributed by atoms with van der Waals surface area (Å²) in [6.45, 7) is 3.10. The number of ether oxygens (including phenoxy) is 5. The molecular formula is C57H61F9O8. The highest BCUT2D eigenvalue weighted by atomic mass is 19.4. The Balaban J connectivity index is 0.971. The molecular weight excluding hydrogens is 984 g/mol. The van der Waals surface area contributed by atoms with E-state index in [1.54, 1.807) is 78.9 Å². The summed E-state index contributed by atoms with van der Waals surface area (Å²) in [7, 11) is 0. The summed E-state index contributed by atoms with van der Waals surface area (Å²) < 4.78 is 145. The normalized spacial score (nSPS) is 12.0. The van der Waals surface area contributed by atoms with E-state index in [1.807, 2.05) is 6.07 Å². The number of rotatable bonds is 31. The molecule has 0 aliphatic heterocycles. The first-order valence-electron chi connectivity index (χ1n) is 24.9. The summed E-state index contributed by atoms with van der Waals surface area (Å²) >= 11 is 0. The van der Waals surface area contributed by atoms with Crippen LogP contribution in [0.1, 0.15) is 147 Å². The van der Waals surface area contributed by atoms with E-state index in [9.17, 15) is 53.9 Å². The third-order valence-corrected chi connectivity index (χ3v) is 12.1. The molecule has 0 unspecified atom stereocenters. The van der Waals surface area contributed by atoms with Crippen molar-refractivity contribution in [1.29, 1.82) is 0 Å². The van der Waals surface area contributed by atoms with Gasteiger partial charge in [-0.05, 0) is 127 Å². The topological polar surface area (TPSA) is 97.4 Å². The quantitative estimate of drug-likeness (QED) is 0.0187. The fraction of sp³-hybridized carbons (Fsp3) is 0.421. The first-order valence-corrected chi connectivity index (χ1v) is 24.9. The summed E-state index contributed by atoms with van der Waals surface area (Å²) in [6.07, 6.45) is 4.86. The molecule has 5 rings (SSSR count). The van der Waals surface area contributed by atoms with Crippen molar-refractivity contribution in [3.8, 4) is 39.9 Å². The largest absolute Gasteiger partial charge is 0.494 e. The van der Waals surface area contributed by atoms with E-state index >= 15 is 0 Å². The number of carbonyl (C=O) groups is 3. The molecule has 0 spiro atoms. The number of carbonyl (C=O) groups excluding carboxylic acids is 3. The van der Waals surface area contributed by atoms with Crippen molar-refractivity contribution in [2.24, 2.45) is 0 Å². The molecule has 8 nitrogen and oxygen atoms in total. The summed E-state index contributed by atoms with van der Waals surface area (Å²) in [5.74, 6) is -18.8. The fourth-order valence-corrected chi connectivity index (χ4v) is 7.68. The Morgan fingerprint density at radius 3 is 1.16 bits per heavy atom. The Hall–Kier alpha value is -6.52. The number of halogens is 9. The molecule has 0 N–H and O–H groups in total. The van der Waals surface area contributed by atoms with Gasteiger partial charge in [0.2, 0.25) is 0 Å². The van der Waals surface area contributed by atoms with E-state index in [1.165, 1.54) is 87.8 Å². The second-order valence-electron chi connectivity index (χ2n) is 17.9. The van der Waals surface area contributed by atoms with Gasteiger partial charge < -0.3 is 23.7 Å². The van der Waals surface area contributed by atoms with Gasteiger partial charge in [0.1, 0.15) is 28.7 Å². The van der Waals surface area contributed by atoms with Crippen LogP contribution < -0.4 is 23.7 Å². The molecule has 0 aromatic heterocycles. The van der Waals surface area contributed by atoms with Crippen LogP contribution in [0.3, 0.4) is 0 Å². The maximum atomic E-state index is 13.7. The van der Waals surface area contributed by atoms with Crippen molar-refractivity contribution in [3.63, 3.8) is 0 Å². The molecule has 0 aliphatic carbocycles. The van der Waals surface area contributed by atoms with Crippen LogP contribution in [0.2, 0.25) is 0 Å². The third-order valence-electron chi connectivity index (χ3n) is 12.1. The van der Waals surface area contributed by atoms with Gasteiger partial charge in [-0.25, -0.2) is 14.4 Å². The summed E-state index contributed by atoms with van der Waals surface area (Å²) in [4.78, 5) is 38.8. The standard InChI is InChI=1S/C57H61F9O8/c1-2-3-4-5-6-7-8-10-13-16-38-70-46-31-35-49(36-32-46)73-52(68)43-25-27-44(28-26-43)53(69)74-50-20-18-19-45(40-50)41-21-23-42(24-22-41)51(67)72-48-33-29-47(30-34-48)71-39-17-14-11-9-12-15-37-54(58,59)55(60,61)56(62,63)57(64,65)66/h18-36,40H,2-17,37-39H2,1H3. The highest BCUT2D eigenvalue weighted by molar-refractivity contribution is 5.95. The predicted octanol–water partition coefficient (Wildman–Crippen LogP) is 16.9. The fourth-order valence-electron chi connectivity index (χ4n) is 7.68. The first kappa shape index (κ1) is 58.4. The van der Waals surface area contributed by atoms with Gasteiger partial charge in [-0.15, -0.1) is 0 Å². The number of unbranched alkanes of at least 4 members (excludes halogenated alkanes) is 14. The number of benzene rings is 5. The highest BCUT2D eigenvalue weighted by Crippen LogP contribution is 2.54. The molecule has 5 aromatic carbocycles. The van der Waals surface area contributed by atoms with Gasteiger partial charge in [0, 0.05) is 6.42 Å². The zero-order chi connectivity index (χ0) is 53.6. The van der Waals surface area contributed by atoms with Crippen molar-refractivity contribution < 1.29 is 77.6 Å². The Bertz CT molecular complexity index is 2490. The molecule has 17 heteroatoms. The van der Waals surface area contributed by atoms with Gasteiger partial charge in [0.15, 0.2) is 0 Å². The van der Waals surface area contributed by atoms with Crippen molar-refractivity contribution in [1.82, 2.24) is 0 Å². The Labute approximate surface area is 425 Å². The molecule has 74 heavy (non-hydrogen) atoms. The lowest BCUT2D eigenvalue weighted by Crippen LogP contribution is -2.60. The number of hydrogen-bond donors (Lipinski definition) is 0. The Kier molecular flexibility index (Phi) is 22.3. The van der Waals surface area contributed by atoms with Crippen LogP contribution >= 0.6 is 0 Å². The van der Waals surface area contributed by atoms with Crippen LogP contribution in [0.25, 0.3) is 11.1 Å². The van der Waals surface area contributed by atoms with Gasteiger partial charge >= 0.3 is 41.9 Å². The second kappa shape index (κ2) is 28.2. The minimum absolute atomic E-state index is 0.0729. The zero-order valence-electron chi connectivity index (χ0n) is 41.1. The average molecular weight is 1050 g/mol. The lowest BCUT2D eigenvalue weighted by molar-refractivity contribution is -0.396. The van der Waals surface area contributed by atoms with E-state index in [0.717, 1.165) is 18.4 Å². The van der Waals surface area contributed by atoms with Crippen molar-refractivity contribution in [3.05, 3.63) is 138 Å². The number of esters is 3. The van der Waals surface area contributed by atoms with Crippen molar-refractivity contribution in [2.75, 3.05) is 13.2 Å². The van der Waals surface area contributed by atoms with Crippen LogP contribution in [0.4, 0.5) is 39.5 Å². The molecule has 5 aromatic rings. The van der Waals surface area contributed by atoms with Crippen LogP contribution in [0.5, 0.6) is 28.7 Å². The van der Waals surface area contributed by atoms with E-state index in [4.69, 9.17) is 23.7 Å². The van der Waals surface area contributed by atoms with E-state index in [-0.39, 0.29) is 47.6 Å². The van der Waals surface area contributed by atoms with E-state index < -0.39 is 54.7 Å². The Morgan fingerprint density at radius 1 is 0.378 bits per heavy atom. The average Bonchev–Trinajstić information content (AvgIpc) is 3.38. The molecule has 0 amide bonds. The van der Waals surface area contributed by atoms with Gasteiger partial charge in [0.05, 0.1) is 29.9 Å². The highest BCUT2D eigenvalue weighted by Gasteiger charge is 2.81. The SMILES string of the molecule is CCCCCCCCCCCCOc1ccc(OC(=O)c2ccc(C(=O)Oc3cccc(-c4ccc(C(=O)Oc5ccc(OCCCCCCCCC(F)(F)C(F)(F)C(F)(F)C(F)(F)F)cc5)cc4)c3)cc2)cc1. The minimum Gasteiger partial charge on any atom is -0.494 e. The first-order chi connectivity index (χ1) is 35.3. The van der Waals surface area contributed by atoms with Crippen molar-refractivity contribution in [2.45, 2.75) is 140 Å². The van der Waals surface area contributed by atoms with Gasteiger partial charge in [-0.1, -0.05) is 115 Å². The summed E-state index contributed by atoms with van der Waals surface area (Å²) in [5, 5.41) is 0. The molecule has 0 saturated carbocycles. The molecule has 0 bridgehead atoms. The van der Waals surface area contributed by atoms with Gasteiger partial charge in [0.25, 0.3) is 0 Å². The maximum Gasteiger partial charge on any atom is 0.460 e. The molecule has 400 valence electrons. The number of alkyl halides is 9. The molecule has 0 aliphatic rings. The van der Waals surface area contributed by atoms with Crippen LogP contribution in [-0.2, 0) is 0 Å². The summed E-state index contributed by atoms with van der Waals surface area (Å²) in [6, 6.07) is 32.4. The molecule has 0 heterocycles. The lowest BCUT2D eigenvalue weighted by Gasteiger charge is -2.33. The summed E-state index contributed by atoms with van der Waals surface area (Å²) in [5.41, 5.74) is 2.14. The van der Waals surface area contributed by atoms with Gasteiger partial charge in [-0.2, -0.15) is 39.5 Å². The smallest absolute Gasteiger partial charge is 0.460 e. The zero-order valence-corrected chi connectivity index (χ0v) is 41.1. The Morgan fingerprint density at radius 2 is 0.743 bits per heavy atom. The predicted molar refractivity (Wildman–Crippen MR) is 262 cm³/mol. The van der Waals surface area contributed by atoms with Crippen LogP contribution in [0, 0.1) is 0 Å². The maximum absolute atomic E-state index is 13.7. The van der Waals surface area contributed by atoms with Crippen molar-refractivity contribution >= 4 is 17.9 Å². The van der Waals surface area contributed by atoms with Crippen LogP contribution in [0.15, 0.2) is 121 Å². The second-order valence-corrected chi connectivity index (χ2v) is 17.9. The van der Waals surface area contributed by atoms with Gasteiger partial charge in [-0.3, -0.25) is 0 Å². The third kappa shape index (κ3) is 17.6. The molecule has 0 radical (unpaired) electrons. The minimum atomic E-state index is -6.87. The molecule has 0 fully saturated rings. The molecule has 0 saturated heterocycles.